The fourth-order valence-corrected chi connectivity index (χ4v) is 5.49. The van der Waals surface area contributed by atoms with Crippen molar-refractivity contribution in [2.75, 3.05) is 0 Å². The average molecular weight is 397 g/mol. The summed E-state index contributed by atoms with van der Waals surface area (Å²) in [6, 6.07) is 8.98. The molecule has 0 aromatic heterocycles. The number of aryl methyl sites for hydroxylation is 2. The summed E-state index contributed by atoms with van der Waals surface area (Å²) < 4.78 is 13.5. The maximum absolute atomic E-state index is 6.74. The van der Waals surface area contributed by atoms with Crippen molar-refractivity contribution >= 4 is 8.56 Å². The first-order valence-electron chi connectivity index (χ1n) is 10.3. The van der Waals surface area contributed by atoms with Crippen molar-refractivity contribution in [1.29, 1.82) is 0 Å². The van der Waals surface area contributed by atoms with E-state index in [1.54, 1.807) is 0 Å². The number of benzene rings is 2. The minimum absolute atomic E-state index is 0.0204. The van der Waals surface area contributed by atoms with E-state index in [1.165, 1.54) is 33.4 Å². The van der Waals surface area contributed by atoms with E-state index >= 15 is 0 Å². The van der Waals surface area contributed by atoms with Crippen LogP contribution in [0.3, 0.4) is 0 Å². The third kappa shape index (κ3) is 3.87. The number of hydrogen-bond acceptors (Lipinski definition) is 2. The van der Waals surface area contributed by atoms with Crippen LogP contribution in [-0.2, 0) is 17.3 Å². The van der Waals surface area contributed by atoms with Crippen LogP contribution in [0.15, 0.2) is 24.3 Å². The second kappa shape index (κ2) is 6.65. The summed E-state index contributed by atoms with van der Waals surface area (Å²) in [6.45, 7) is 22.3. The Hall–Kier alpha value is -1.74. The lowest BCUT2D eigenvalue weighted by Crippen LogP contribution is -2.44. The molecular weight excluding hydrogens is 360 g/mol. The molecule has 2 aromatic carbocycles. The molecule has 1 heterocycles. The van der Waals surface area contributed by atoms with Gasteiger partial charge in [-0.15, -0.1) is 0 Å². The van der Waals surface area contributed by atoms with Gasteiger partial charge < -0.3 is 8.85 Å². The Morgan fingerprint density at radius 3 is 1.36 bits per heavy atom. The lowest BCUT2D eigenvalue weighted by molar-refractivity contribution is 0.373. The molecule has 152 valence electrons. The Labute approximate surface area is 172 Å². The van der Waals surface area contributed by atoms with Crippen molar-refractivity contribution in [3.05, 3.63) is 57.6 Å². The minimum atomic E-state index is -2.44. The van der Waals surface area contributed by atoms with Crippen LogP contribution in [-0.4, -0.2) is 8.56 Å². The van der Waals surface area contributed by atoms with Crippen molar-refractivity contribution in [2.24, 2.45) is 0 Å². The predicted molar refractivity (Wildman–Crippen MR) is 121 cm³/mol. The van der Waals surface area contributed by atoms with Crippen molar-refractivity contribution < 1.29 is 8.85 Å². The van der Waals surface area contributed by atoms with Gasteiger partial charge in [0.1, 0.15) is 11.5 Å². The summed E-state index contributed by atoms with van der Waals surface area (Å²) in [4.78, 5) is 0. The van der Waals surface area contributed by atoms with Gasteiger partial charge in [0.15, 0.2) is 0 Å². The largest absolute Gasteiger partial charge is 0.512 e. The zero-order chi connectivity index (χ0) is 21.1. The highest BCUT2D eigenvalue weighted by atomic mass is 28.4. The molecule has 2 nitrogen and oxygen atoms in total. The summed E-state index contributed by atoms with van der Waals surface area (Å²) in [5.41, 5.74) is 7.79. The molecule has 0 saturated carbocycles. The Balaban J connectivity index is 2.34. The predicted octanol–water partition coefficient (Wildman–Crippen LogP) is 6.96. The molecule has 0 radical (unpaired) electrons. The number of fused-ring (bicyclic) bond motifs is 2. The first-order chi connectivity index (χ1) is 12.7. The van der Waals surface area contributed by atoms with Gasteiger partial charge in [-0.25, -0.2) is 0 Å². The lowest BCUT2D eigenvalue weighted by atomic mass is 9.81. The monoisotopic (exact) mass is 396 g/mol. The van der Waals surface area contributed by atoms with E-state index in [2.05, 4.69) is 92.7 Å². The molecule has 3 rings (SSSR count). The maximum atomic E-state index is 6.74. The highest BCUT2D eigenvalue weighted by Crippen LogP contribution is 2.44. The van der Waals surface area contributed by atoms with Crippen LogP contribution in [0.5, 0.6) is 11.5 Å². The van der Waals surface area contributed by atoms with Crippen LogP contribution in [0.1, 0.15) is 74.9 Å². The normalized spacial score (nSPS) is 16.2. The van der Waals surface area contributed by atoms with Gasteiger partial charge in [0.2, 0.25) is 0 Å². The fourth-order valence-electron chi connectivity index (χ4n) is 4.00. The fraction of sp³-hybridized carbons (Fsp3) is 0.520. The molecule has 28 heavy (non-hydrogen) atoms. The van der Waals surface area contributed by atoms with Crippen LogP contribution >= 0.6 is 0 Å². The molecule has 1 aliphatic heterocycles. The summed E-state index contributed by atoms with van der Waals surface area (Å²) in [5.74, 6) is 2.10. The van der Waals surface area contributed by atoms with E-state index in [9.17, 15) is 0 Å². The molecule has 0 fully saturated rings. The van der Waals surface area contributed by atoms with E-state index in [4.69, 9.17) is 8.85 Å². The summed E-state index contributed by atoms with van der Waals surface area (Å²) in [5, 5.41) is 0. The second-order valence-corrected chi connectivity index (χ2v) is 14.0. The van der Waals surface area contributed by atoms with Crippen LogP contribution in [0.2, 0.25) is 13.1 Å². The zero-order valence-electron chi connectivity index (χ0n) is 19.3. The van der Waals surface area contributed by atoms with Crippen LogP contribution in [0.4, 0.5) is 0 Å². The standard InChI is InChI=1S/C25H36O2Si/c1-16-11-13-20(24(3,4)5)22-18(16)15-19-17(2)12-14-21(25(6,7)8)23(19)27-28(9,10)26-22/h11-14H,15H2,1-10H3. The summed E-state index contributed by atoms with van der Waals surface area (Å²) >= 11 is 0. The molecule has 0 spiro atoms. The first kappa shape index (κ1) is 21.0. The maximum Gasteiger partial charge on any atom is 0.454 e. The highest BCUT2D eigenvalue weighted by Gasteiger charge is 2.38. The molecule has 0 N–H and O–H groups in total. The summed E-state index contributed by atoms with van der Waals surface area (Å²) in [6.07, 6.45) is 0.848. The number of hydrogen-bond donors (Lipinski definition) is 0. The molecule has 1 aliphatic rings. The lowest BCUT2D eigenvalue weighted by Gasteiger charge is -2.37. The van der Waals surface area contributed by atoms with Gasteiger partial charge in [-0.05, 0) is 46.9 Å². The van der Waals surface area contributed by atoms with Crippen LogP contribution < -0.4 is 8.85 Å². The zero-order valence-corrected chi connectivity index (χ0v) is 20.3. The van der Waals surface area contributed by atoms with Crippen LogP contribution in [0.25, 0.3) is 0 Å². The third-order valence-corrected chi connectivity index (χ3v) is 7.05. The van der Waals surface area contributed by atoms with Crippen molar-refractivity contribution in [3.63, 3.8) is 0 Å². The van der Waals surface area contributed by atoms with Crippen molar-refractivity contribution in [2.45, 2.75) is 85.7 Å². The van der Waals surface area contributed by atoms with E-state index in [0.717, 1.165) is 17.9 Å². The molecule has 0 unspecified atom stereocenters. The molecule has 2 aromatic rings. The smallest absolute Gasteiger partial charge is 0.454 e. The quantitative estimate of drug-likeness (QED) is 0.448. The molecule has 3 heteroatoms. The van der Waals surface area contributed by atoms with Crippen molar-refractivity contribution in [1.82, 2.24) is 0 Å². The van der Waals surface area contributed by atoms with Gasteiger partial charge in [-0.3, -0.25) is 0 Å². The van der Waals surface area contributed by atoms with E-state index in [-0.39, 0.29) is 10.8 Å². The van der Waals surface area contributed by atoms with Gasteiger partial charge >= 0.3 is 8.56 Å². The Bertz CT molecular complexity index is 838. The van der Waals surface area contributed by atoms with Gasteiger partial charge in [-0.2, -0.15) is 0 Å². The highest BCUT2D eigenvalue weighted by molar-refractivity contribution is 6.66. The molecule has 0 atom stereocenters. The summed E-state index contributed by atoms with van der Waals surface area (Å²) in [7, 11) is -2.44. The average Bonchev–Trinajstić information content (AvgIpc) is 2.48. The third-order valence-electron chi connectivity index (χ3n) is 5.65. The van der Waals surface area contributed by atoms with Gasteiger partial charge in [0.05, 0.1) is 0 Å². The Morgan fingerprint density at radius 2 is 1.04 bits per heavy atom. The molecule has 0 bridgehead atoms. The van der Waals surface area contributed by atoms with E-state index < -0.39 is 8.56 Å². The second-order valence-electron chi connectivity index (χ2n) is 10.8. The SMILES string of the molecule is Cc1ccc(C(C)(C)C)c2c1Cc1c(C)ccc(C(C)(C)C)c1O[Si](C)(C)O2. The molecule has 0 saturated heterocycles. The molecular formula is C25H36O2Si. The van der Waals surface area contributed by atoms with Gasteiger partial charge in [0.25, 0.3) is 0 Å². The molecule has 0 aliphatic carbocycles. The Morgan fingerprint density at radius 1 is 0.679 bits per heavy atom. The van der Waals surface area contributed by atoms with E-state index in [1.807, 2.05) is 0 Å². The number of rotatable bonds is 0. The first-order valence-corrected chi connectivity index (χ1v) is 13.2. The van der Waals surface area contributed by atoms with E-state index in [0.29, 0.717) is 0 Å². The van der Waals surface area contributed by atoms with Crippen molar-refractivity contribution in [3.8, 4) is 11.5 Å². The minimum Gasteiger partial charge on any atom is -0.512 e. The molecule has 0 amide bonds. The topological polar surface area (TPSA) is 18.5 Å². The van der Waals surface area contributed by atoms with Gasteiger partial charge in [0, 0.05) is 30.6 Å². The van der Waals surface area contributed by atoms with Crippen LogP contribution in [0, 0.1) is 13.8 Å². The Kier molecular flexibility index (Phi) is 4.99. The van der Waals surface area contributed by atoms with Gasteiger partial charge in [-0.1, -0.05) is 65.8 Å².